The summed E-state index contributed by atoms with van der Waals surface area (Å²) in [5.41, 5.74) is 7.21. The first kappa shape index (κ1) is 13.5. The molecule has 0 amide bonds. The maximum atomic E-state index is 6.22. The van der Waals surface area contributed by atoms with Crippen LogP contribution in [0.2, 0.25) is 10.0 Å². The lowest BCUT2D eigenvalue weighted by molar-refractivity contribution is 0.444. The number of nitrogens with zero attached hydrogens (tertiary/aromatic N) is 2. The van der Waals surface area contributed by atoms with E-state index in [2.05, 4.69) is 15.3 Å². The second-order valence-electron chi connectivity index (χ2n) is 4.87. The first-order valence-corrected chi connectivity index (χ1v) is 7.24. The van der Waals surface area contributed by atoms with E-state index in [0.717, 1.165) is 24.2 Å². The van der Waals surface area contributed by atoms with Crippen LogP contribution in [0.3, 0.4) is 0 Å². The van der Waals surface area contributed by atoms with Crippen LogP contribution in [0.25, 0.3) is 11.3 Å². The number of rotatable bonds is 3. The molecule has 20 heavy (non-hydrogen) atoms. The summed E-state index contributed by atoms with van der Waals surface area (Å²) in [4.78, 5) is 8.45. The quantitative estimate of drug-likeness (QED) is 0.899. The third-order valence-electron chi connectivity index (χ3n) is 3.43. The third-order valence-corrected chi connectivity index (χ3v) is 4.25. The molecule has 104 valence electrons. The zero-order valence-electron chi connectivity index (χ0n) is 10.7. The van der Waals surface area contributed by atoms with Crippen molar-refractivity contribution in [3.05, 3.63) is 34.3 Å². The van der Waals surface area contributed by atoms with Gasteiger partial charge in [0.1, 0.15) is 5.82 Å². The topological polar surface area (TPSA) is 63.8 Å². The Morgan fingerprint density at radius 3 is 2.70 bits per heavy atom. The lowest BCUT2D eigenvalue weighted by atomic mass is 9.93. The maximum absolute atomic E-state index is 6.22. The Hall–Kier alpha value is -1.52. The van der Waals surface area contributed by atoms with Gasteiger partial charge in [-0.15, -0.1) is 0 Å². The van der Waals surface area contributed by atoms with Gasteiger partial charge in [-0.05, 0) is 25.3 Å². The zero-order valence-corrected chi connectivity index (χ0v) is 12.2. The van der Waals surface area contributed by atoms with Crippen molar-refractivity contribution < 1.29 is 0 Å². The van der Waals surface area contributed by atoms with Crippen molar-refractivity contribution in [1.82, 2.24) is 9.97 Å². The highest BCUT2D eigenvalue weighted by Gasteiger charge is 2.18. The molecule has 3 N–H and O–H groups in total. The van der Waals surface area contributed by atoms with Crippen LogP contribution in [0, 0.1) is 0 Å². The average Bonchev–Trinajstić information content (AvgIpc) is 2.36. The number of halogens is 2. The molecule has 0 spiro atoms. The van der Waals surface area contributed by atoms with Gasteiger partial charge in [-0.2, -0.15) is 4.98 Å². The minimum atomic E-state index is 0.223. The first-order chi connectivity index (χ1) is 9.63. The van der Waals surface area contributed by atoms with Crippen LogP contribution in [0.4, 0.5) is 11.8 Å². The molecule has 1 aromatic carbocycles. The number of nitrogens with two attached hydrogens (primary N) is 1. The van der Waals surface area contributed by atoms with E-state index in [1.165, 1.54) is 6.42 Å². The molecule has 0 atom stereocenters. The smallest absolute Gasteiger partial charge is 0.222 e. The van der Waals surface area contributed by atoms with Gasteiger partial charge in [0.15, 0.2) is 0 Å². The number of benzene rings is 1. The van der Waals surface area contributed by atoms with E-state index in [0.29, 0.717) is 21.8 Å². The molecule has 0 bridgehead atoms. The molecule has 0 radical (unpaired) electrons. The molecule has 0 saturated heterocycles. The largest absolute Gasteiger partial charge is 0.368 e. The number of anilines is 2. The summed E-state index contributed by atoms with van der Waals surface area (Å²) in [6.07, 6.45) is 3.58. The van der Waals surface area contributed by atoms with Crippen molar-refractivity contribution in [2.45, 2.75) is 25.3 Å². The lowest BCUT2D eigenvalue weighted by Gasteiger charge is -2.27. The molecule has 1 aromatic heterocycles. The van der Waals surface area contributed by atoms with Crippen LogP contribution in [0.15, 0.2) is 24.3 Å². The van der Waals surface area contributed by atoms with E-state index in [9.17, 15) is 0 Å². The van der Waals surface area contributed by atoms with Gasteiger partial charge in [0.05, 0.1) is 15.7 Å². The average molecular weight is 309 g/mol. The molecule has 0 unspecified atom stereocenters. The second kappa shape index (κ2) is 5.46. The van der Waals surface area contributed by atoms with Gasteiger partial charge in [0.2, 0.25) is 5.95 Å². The van der Waals surface area contributed by atoms with Crippen molar-refractivity contribution in [2.75, 3.05) is 11.1 Å². The van der Waals surface area contributed by atoms with Crippen molar-refractivity contribution >= 4 is 35.0 Å². The van der Waals surface area contributed by atoms with E-state index in [1.807, 2.05) is 18.2 Å². The van der Waals surface area contributed by atoms with E-state index in [-0.39, 0.29) is 5.95 Å². The Bertz CT molecular complexity index is 641. The molecule has 1 saturated carbocycles. The minimum Gasteiger partial charge on any atom is -0.368 e. The highest BCUT2D eigenvalue weighted by atomic mass is 35.5. The molecule has 4 nitrogen and oxygen atoms in total. The predicted octanol–water partition coefficient (Wildman–Crippen LogP) is 4.00. The number of nitrogen functional groups attached to an aromatic ring is 1. The fourth-order valence-electron chi connectivity index (χ4n) is 2.14. The van der Waals surface area contributed by atoms with Crippen LogP contribution in [0.1, 0.15) is 19.3 Å². The van der Waals surface area contributed by atoms with Gasteiger partial charge >= 0.3 is 0 Å². The second-order valence-corrected chi connectivity index (χ2v) is 5.66. The van der Waals surface area contributed by atoms with Crippen LogP contribution >= 0.6 is 23.2 Å². The van der Waals surface area contributed by atoms with Gasteiger partial charge in [-0.3, -0.25) is 0 Å². The fraction of sp³-hybridized carbons (Fsp3) is 0.286. The van der Waals surface area contributed by atoms with Crippen molar-refractivity contribution in [2.24, 2.45) is 0 Å². The molecule has 1 aliphatic carbocycles. The highest BCUT2D eigenvalue weighted by Crippen LogP contribution is 2.33. The van der Waals surface area contributed by atoms with E-state index in [1.54, 1.807) is 6.07 Å². The number of hydrogen-bond donors (Lipinski definition) is 2. The number of nitrogens with one attached hydrogen (secondary N) is 1. The Morgan fingerprint density at radius 2 is 2.00 bits per heavy atom. The van der Waals surface area contributed by atoms with E-state index >= 15 is 0 Å². The van der Waals surface area contributed by atoms with Crippen LogP contribution in [-0.4, -0.2) is 16.0 Å². The Kier molecular flexibility index (Phi) is 3.68. The number of hydrogen-bond acceptors (Lipinski definition) is 4. The standard InChI is InChI=1S/C14H14Cl2N4/c15-10-6-2-5-9(13(10)16)11-7-12(20-14(17)19-11)18-8-3-1-4-8/h2,5-8H,1,3-4H2,(H3,17,18,19,20). The van der Waals surface area contributed by atoms with Crippen molar-refractivity contribution in [3.63, 3.8) is 0 Å². The van der Waals surface area contributed by atoms with Gasteiger partial charge in [0.25, 0.3) is 0 Å². The SMILES string of the molecule is Nc1nc(NC2CCC2)cc(-c2cccc(Cl)c2Cl)n1. The fourth-order valence-corrected chi connectivity index (χ4v) is 2.54. The molecule has 3 rings (SSSR count). The van der Waals surface area contributed by atoms with Gasteiger partial charge < -0.3 is 11.1 Å². The summed E-state index contributed by atoms with van der Waals surface area (Å²) in [5, 5.41) is 4.33. The third kappa shape index (κ3) is 2.67. The van der Waals surface area contributed by atoms with Gasteiger partial charge in [-0.1, -0.05) is 35.3 Å². The van der Waals surface area contributed by atoms with Crippen LogP contribution < -0.4 is 11.1 Å². The summed E-state index contributed by atoms with van der Waals surface area (Å²) in [6, 6.07) is 7.77. The lowest BCUT2D eigenvalue weighted by Crippen LogP contribution is -2.27. The summed E-state index contributed by atoms with van der Waals surface area (Å²) in [6.45, 7) is 0. The zero-order chi connectivity index (χ0) is 14.1. The maximum Gasteiger partial charge on any atom is 0.222 e. The van der Waals surface area contributed by atoms with Gasteiger partial charge in [0, 0.05) is 17.7 Å². The molecule has 1 aliphatic rings. The van der Waals surface area contributed by atoms with Gasteiger partial charge in [-0.25, -0.2) is 4.98 Å². The first-order valence-electron chi connectivity index (χ1n) is 6.49. The molecule has 2 aromatic rings. The summed E-state index contributed by atoms with van der Waals surface area (Å²) in [5.74, 6) is 0.952. The summed E-state index contributed by atoms with van der Waals surface area (Å²) < 4.78 is 0. The van der Waals surface area contributed by atoms with E-state index in [4.69, 9.17) is 28.9 Å². The Balaban J connectivity index is 1.98. The molecular weight excluding hydrogens is 295 g/mol. The molecular formula is C14H14Cl2N4. The molecule has 1 fully saturated rings. The van der Waals surface area contributed by atoms with E-state index < -0.39 is 0 Å². The Labute approximate surface area is 127 Å². The highest BCUT2D eigenvalue weighted by molar-refractivity contribution is 6.43. The normalized spacial score (nSPS) is 14.9. The molecule has 1 heterocycles. The Morgan fingerprint density at radius 1 is 1.20 bits per heavy atom. The molecule has 6 heteroatoms. The van der Waals surface area contributed by atoms with Crippen LogP contribution in [-0.2, 0) is 0 Å². The van der Waals surface area contributed by atoms with Crippen LogP contribution in [0.5, 0.6) is 0 Å². The van der Waals surface area contributed by atoms with Crippen molar-refractivity contribution in [3.8, 4) is 11.3 Å². The number of aromatic nitrogens is 2. The molecule has 0 aliphatic heterocycles. The predicted molar refractivity (Wildman–Crippen MR) is 83.2 cm³/mol. The minimum absolute atomic E-state index is 0.223. The summed E-state index contributed by atoms with van der Waals surface area (Å²) >= 11 is 12.3. The summed E-state index contributed by atoms with van der Waals surface area (Å²) in [7, 11) is 0. The van der Waals surface area contributed by atoms with Crippen molar-refractivity contribution in [1.29, 1.82) is 0 Å². The monoisotopic (exact) mass is 308 g/mol.